The zero-order valence-electron chi connectivity index (χ0n) is 12.2. The van der Waals surface area contributed by atoms with E-state index in [0.717, 1.165) is 6.42 Å². The van der Waals surface area contributed by atoms with Crippen LogP contribution >= 0.6 is 0 Å². The molecular weight excluding hydrogens is 246 g/mol. The molecule has 0 spiro atoms. The van der Waals surface area contributed by atoms with Gasteiger partial charge in [0.05, 0.1) is 6.54 Å². The third-order valence-electron chi connectivity index (χ3n) is 4.91. The molecule has 0 bridgehead atoms. The van der Waals surface area contributed by atoms with Gasteiger partial charge in [0, 0.05) is 12.5 Å². The van der Waals surface area contributed by atoms with E-state index < -0.39 is 0 Å². The van der Waals surface area contributed by atoms with Crippen LogP contribution in [0.4, 0.5) is 0 Å². The minimum Gasteiger partial charge on any atom is -0.307 e. The van der Waals surface area contributed by atoms with Crippen molar-refractivity contribution in [2.24, 2.45) is 0 Å². The van der Waals surface area contributed by atoms with Crippen molar-refractivity contribution in [3.05, 3.63) is 35.4 Å². The lowest BCUT2D eigenvalue weighted by Gasteiger charge is -2.25. The van der Waals surface area contributed by atoms with E-state index in [1.54, 1.807) is 0 Å². The van der Waals surface area contributed by atoms with Gasteiger partial charge in [0.2, 0.25) is 0 Å². The van der Waals surface area contributed by atoms with Crippen LogP contribution in [-0.4, -0.2) is 18.4 Å². The first-order valence-corrected chi connectivity index (χ1v) is 8.16. The fourth-order valence-electron chi connectivity index (χ4n) is 3.80. The third-order valence-corrected chi connectivity index (χ3v) is 4.91. The Kier molecular flexibility index (Phi) is 4.51. The van der Waals surface area contributed by atoms with Crippen LogP contribution in [0.25, 0.3) is 0 Å². The van der Waals surface area contributed by atoms with Crippen molar-refractivity contribution in [3.8, 4) is 0 Å². The summed E-state index contributed by atoms with van der Waals surface area (Å²) in [6, 6.07) is 9.26. The summed E-state index contributed by atoms with van der Waals surface area (Å²) in [5, 5.41) is 3.45. The molecule has 2 aliphatic rings. The van der Waals surface area contributed by atoms with Gasteiger partial charge in [0.1, 0.15) is 5.78 Å². The molecule has 0 aromatic heterocycles. The molecule has 3 rings (SSSR count). The van der Waals surface area contributed by atoms with Gasteiger partial charge < -0.3 is 5.32 Å². The predicted molar refractivity (Wildman–Crippen MR) is 82.0 cm³/mol. The van der Waals surface area contributed by atoms with Crippen LogP contribution in [0, 0.1) is 0 Å². The molecular formula is C18H25NO. The Morgan fingerprint density at radius 2 is 1.90 bits per heavy atom. The number of nitrogens with one attached hydrogen (secondary N) is 1. The lowest BCUT2D eigenvalue weighted by atomic mass is 9.80. The summed E-state index contributed by atoms with van der Waals surface area (Å²) in [7, 11) is 0. The van der Waals surface area contributed by atoms with E-state index in [-0.39, 0.29) is 0 Å². The average Bonchev–Trinajstić information content (AvgIpc) is 2.99. The summed E-state index contributed by atoms with van der Waals surface area (Å²) >= 11 is 0. The molecule has 108 valence electrons. The molecule has 1 saturated carbocycles. The number of hydrogen-bond donors (Lipinski definition) is 1. The van der Waals surface area contributed by atoms with E-state index in [0.29, 0.717) is 24.3 Å². The fourth-order valence-corrected chi connectivity index (χ4v) is 3.80. The van der Waals surface area contributed by atoms with Crippen molar-refractivity contribution in [2.45, 2.75) is 63.3 Å². The molecule has 1 unspecified atom stereocenters. The number of carbonyl (C=O) groups excluding carboxylic acids is 1. The van der Waals surface area contributed by atoms with Gasteiger partial charge in [-0.05, 0) is 49.1 Å². The number of benzene rings is 1. The van der Waals surface area contributed by atoms with E-state index >= 15 is 0 Å². The Bertz CT molecular complexity index is 462. The molecule has 20 heavy (non-hydrogen) atoms. The third kappa shape index (κ3) is 3.29. The fraction of sp³-hybridized carbons (Fsp3) is 0.611. The van der Waals surface area contributed by atoms with E-state index in [9.17, 15) is 4.79 Å². The maximum atomic E-state index is 12.2. The molecule has 2 aliphatic carbocycles. The van der Waals surface area contributed by atoms with Crippen LogP contribution in [-0.2, 0) is 11.2 Å². The number of rotatable bonds is 5. The monoisotopic (exact) mass is 271 g/mol. The molecule has 0 aliphatic heterocycles. The minimum atomic E-state index is 0.388. The van der Waals surface area contributed by atoms with Crippen molar-refractivity contribution < 1.29 is 4.79 Å². The molecule has 0 saturated heterocycles. The van der Waals surface area contributed by atoms with Crippen molar-refractivity contribution in [3.63, 3.8) is 0 Å². The van der Waals surface area contributed by atoms with Crippen LogP contribution in [0.2, 0.25) is 0 Å². The van der Waals surface area contributed by atoms with E-state index in [1.165, 1.54) is 56.1 Å². The Labute approximate surface area is 122 Å². The number of hydrogen-bond acceptors (Lipinski definition) is 2. The second-order valence-electron chi connectivity index (χ2n) is 6.39. The van der Waals surface area contributed by atoms with E-state index in [4.69, 9.17) is 0 Å². The first-order valence-electron chi connectivity index (χ1n) is 8.16. The maximum Gasteiger partial charge on any atom is 0.147 e. The van der Waals surface area contributed by atoms with Gasteiger partial charge >= 0.3 is 0 Å². The van der Waals surface area contributed by atoms with E-state index in [1.807, 2.05) is 0 Å². The van der Waals surface area contributed by atoms with Crippen molar-refractivity contribution >= 4 is 5.78 Å². The van der Waals surface area contributed by atoms with Gasteiger partial charge in [-0.1, -0.05) is 37.1 Å². The van der Waals surface area contributed by atoms with Crippen LogP contribution in [0.3, 0.4) is 0 Å². The predicted octanol–water partition coefficient (Wildman–Crippen LogP) is 3.60. The minimum absolute atomic E-state index is 0.388. The number of Topliss-reactive ketones (excluding diaryl/α,β-unsaturated/α-hetero) is 1. The highest BCUT2D eigenvalue weighted by Gasteiger charge is 2.22. The Hall–Kier alpha value is -1.15. The average molecular weight is 271 g/mol. The van der Waals surface area contributed by atoms with Gasteiger partial charge in [-0.3, -0.25) is 4.79 Å². The first kappa shape index (κ1) is 13.8. The van der Waals surface area contributed by atoms with Gasteiger partial charge in [0.15, 0.2) is 0 Å². The maximum absolute atomic E-state index is 12.2. The summed E-state index contributed by atoms with van der Waals surface area (Å²) < 4.78 is 0. The molecule has 1 fully saturated rings. The Balaban J connectivity index is 1.54. The number of ketones is 1. The number of aryl methyl sites for hydroxylation is 1. The van der Waals surface area contributed by atoms with Crippen molar-refractivity contribution in [1.82, 2.24) is 5.32 Å². The highest BCUT2D eigenvalue weighted by molar-refractivity contribution is 5.81. The standard InChI is InChI=1S/C18H25NO/c20-17(13-19-16-9-2-3-10-16)12-15-8-5-7-14-6-1-4-11-18(14)15/h1,4,6,11,15-16,19H,2-3,5,7-10,12-13H2. The molecule has 2 nitrogen and oxygen atoms in total. The molecule has 0 heterocycles. The highest BCUT2D eigenvalue weighted by Crippen LogP contribution is 2.33. The lowest BCUT2D eigenvalue weighted by molar-refractivity contribution is -0.118. The SMILES string of the molecule is O=C(CNC1CCCC1)CC1CCCc2ccccc21. The smallest absolute Gasteiger partial charge is 0.147 e. The zero-order chi connectivity index (χ0) is 13.8. The number of carbonyl (C=O) groups is 1. The topological polar surface area (TPSA) is 29.1 Å². The van der Waals surface area contributed by atoms with Crippen molar-refractivity contribution in [2.75, 3.05) is 6.54 Å². The largest absolute Gasteiger partial charge is 0.307 e. The van der Waals surface area contributed by atoms with Crippen LogP contribution in [0.15, 0.2) is 24.3 Å². The number of fused-ring (bicyclic) bond motifs is 1. The van der Waals surface area contributed by atoms with Crippen molar-refractivity contribution in [1.29, 1.82) is 0 Å². The van der Waals surface area contributed by atoms with Crippen LogP contribution in [0.5, 0.6) is 0 Å². The molecule has 1 N–H and O–H groups in total. The van der Waals surface area contributed by atoms with Crippen LogP contribution < -0.4 is 5.32 Å². The summed E-state index contributed by atoms with van der Waals surface area (Å²) in [5.74, 6) is 0.844. The van der Waals surface area contributed by atoms with Gasteiger partial charge in [-0.25, -0.2) is 0 Å². The van der Waals surface area contributed by atoms with Gasteiger partial charge in [0.25, 0.3) is 0 Å². The van der Waals surface area contributed by atoms with Crippen LogP contribution in [0.1, 0.15) is 62.0 Å². The first-order chi connectivity index (χ1) is 9.83. The van der Waals surface area contributed by atoms with Gasteiger partial charge in [-0.15, -0.1) is 0 Å². The summed E-state index contributed by atoms with van der Waals surface area (Å²) in [5.41, 5.74) is 2.88. The molecule has 2 heteroatoms. The molecule has 0 amide bonds. The zero-order valence-corrected chi connectivity index (χ0v) is 12.2. The second-order valence-corrected chi connectivity index (χ2v) is 6.39. The van der Waals surface area contributed by atoms with E-state index in [2.05, 4.69) is 29.6 Å². The molecule has 0 radical (unpaired) electrons. The highest BCUT2D eigenvalue weighted by atomic mass is 16.1. The Morgan fingerprint density at radius 1 is 1.10 bits per heavy atom. The summed E-state index contributed by atoms with van der Waals surface area (Å²) in [6.45, 7) is 0.573. The van der Waals surface area contributed by atoms with Gasteiger partial charge in [-0.2, -0.15) is 0 Å². The molecule has 1 atom stereocenters. The quantitative estimate of drug-likeness (QED) is 0.886. The molecule has 1 aromatic carbocycles. The lowest BCUT2D eigenvalue weighted by Crippen LogP contribution is -2.32. The summed E-state index contributed by atoms with van der Waals surface area (Å²) in [4.78, 5) is 12.2. The summed E-state index contributed by atoms with van der Waals surface area (Å²) in [6.07, 6.45) is 9.44. The second kappa shape index (κ2) is 6.53. The normalized spacial score (nSPS) is 22.7. The molecule has 1 aromatic rings. The Morgan fingerprint density at radius 3 is 2.75 bits per heavy atom.